The number of carbonyl (C=O) groups is 4. The van der Waals surface area contributed by atoms with Crippen molar-refractivity contribution >= 4 is 23.9 Å². The lowest BCUT2D eigenvalue weighted by atomic mass is 9.53. The molecule has 4 rings (SSSR count). The summed E-state index contributed by atoms with van der Waals surface area (Å²) in [5.74, 6) is -4.74. The lowest BCUT2D eigenvalue weighted by Gasteiger charge is -2.54. The fourth-order valence-corrected chi connectivity index (χ4v) is 6.52. The van der Waals surface area contributed by atoms with Crippen LogP contribution in [0.5, 0.6) is 0 Å². The number of carbonyl (C=O) groups excluding carboxylic acids is 4. The number of epoxide rings is 1. The lowest BCUT2D eigenvalue weighted by Crippen LogP contribution is -2.68. The second-order valence-corrected chi connectivity index (χ2v) is 10.8. The highest BCUT2D eigenvalue weighted by Crippen LogP contribution is 2.64. The molecular weight excluding hydrogens is 488 g/mol. The molecule has 0 spiro atoms. The Bertz CT molecular complexity index is 1060. The van der Waals surface area contributed by atoms with Crippen LogP contribution in [-0.2, 0) is 42.9 Å². The third-order valence-corrected chi connectivity index (χ3v) is 8.43. The van der Waals surface area contributed by atoms with Gasteiger partial charge in [-0.2, -0.15) is 0 Å². The number of esters is 4. The zero-order valence-corrected chi connectivity index (χ0v) is 21.8. The standard InChI is InChI=1S/C26H34O11/c1-12-23(31)36-20-9-16(11-27)7-8-17(33-13(2)28)24(5)18(34-14(3)29)10-19-25(6,37-19)21(24)22(26(12,20)32)35-15(4)30/h7-9,12,17-22,27,32H,10-11H2,1-6H3. The summed E-state index contributed by atoms with van der Waals surface area (Å²) in [6.45, 7) is 8.14. The molecule has 0 aromatic heterocycles. The van der Waals surface area contributed by atoms with Gasteiger partial charge in [0.1, 0.15) is 18.3 Å². The first-order valence-corrected chi connectivity index (χ1v) is 12.3. The molecule has 0 aromatic carbocycles. The molecule has 11 nitrogen and oxygen atoms in total. The van der Waals surface area contributed by atoms with E-state index in [9.17, 15) is 29.4 Å². The van der Waals surface area contributed by atoms with Gasteiger partial charge >= 0.3 is 23.9 Å². The molecule has 2 aliphatic carbocycles. The van der Waals surface area contributed by atoms with Crippen LogP contribution in [0.3, 0.4) is 0 Å². The first-order chi connectivity index (χ1) is 17.2. The molecule has 10 atom stereocenters. The SMILES string of the molecule is CC(=O)OC1C=CC(CO)=CC2OC(=O)C(C)C2(O)C(OC(C)=O)C2C3(C)OC3CC(OC(C)=O)C12C. The van der Waals surface area contributed by atoms with Crippen LogP contribution in [0.15, 0.2) is 23.8 Å². The first-order valence-electron chi connectivity index (χ1n) is 12.3. The Hall–Kier alpha value is -2.76. The molecule has 2 aliphatic heterocycles. The van der Waals surface area contributed by atoms with Gasteiger partial charge in [0.05, 0.1) is 29.6 Å². The van der Waals surface area contributed by atoms with Gasteiger partial charge in [-0.25, -0.2) is 0 Å². The van der Waals surface area contributed by atoms with Crippen molar-refractivity contribution in [3.63, 3.8) is 0 Å². The molecule has 2 saturated heterocycles. The minimum Gasteiger partial charge on any atom is -0.462 e. The largest absolute Gasteiger partial charge is 0.462 e. The molecule has 10 unspecified atom stereocenters. The highest BCUT2D eigenvalue weighted by molar-refractivity contribution is 5.78. The van der Waals surface area contributed by atoms with Gasteiger partial charge in [0.2, 0.25) is 0 Å². The quantitative estimate of drug-likeness (QED) is 0.305. The minimum absolute atomic E-state index is 0.261. The van der Waals surface area contributed by atoms with E-state index in [2.05, 4.69) is 0 Å². The van der Waals surface area contributed by atoms with E-state index in [1.54, 1.807) is 19.9 Å². The highest BCUT2D eigenvalue weighted by atomic mass is 16.6. The van der Waals surface area contributed by atoms with Crippen LogP contribution in [0, 0.1) is 17.3 Å². The second-order valence-electron chi connectivity index (χ2n) is 10.8. The fraction of sp³-hybridized carbons (Fsp3) is 0.692. The predicted molar refractivity (Wildman–Crippen MR) is 124 cm³/mol. The third kappa shape index (κ3) is 4.26. The van der Waals surface area contributed by atoms with Crippen molar-refractivity contribution in [1.82, 2.24) is 0 Å². The van der Waals surface area contributed by atoms with E-state index in [1.165, 1.54) is 39.8 Å². The number of rotatable bonds is 4. The van der Waals surface area contributed by atoms with Crippen LogP contribution in [-0.4, -0.2) is 82.4 Å². The number of hydrogen-bond acceptors (Lipinski definition) is 11. The van der Waals surface area contributed by atoms with E-state index >= 15 is 0 Å². The minimum atomic E-state index is -2.10. The summed E-state index contributed by atoms with van der Waals surface area (Å²) in [6.07, 6.45) is -0.371. The Labute approximate surface area is 214 Å². The molecule has 1 saturated carbocycles. The van der Waals surface area contributed by atoms with Crippen LogP contribution in [0.2, 0.25) is 0 Å². The summed E-state index contributed by atoms with van der Waals surface area (Å²) in [5, 5.41) is 22.3. The van der Waals surface area contributed by atoms with Gasteiger partial charge in [-0.3, -0.25) is 19.2 Å². The first kappa shape index (κ1) is 27.3. The maximum Gasteiger partial charge on any atom is 0.312 e. The molecule has 0 amide bonds. The lowest BCUT2D eigenvalue weighted by molar-refractivity contribution is -0.228. The molecule has 0 bridgehead atoms. The van der Waals surface area contributed by atoms with Gasteiger partial charge in [0, 0.05) is 33.1 Å². The Morgan fingerprint density at radius 3 is 2.27 bits per heavy atom. The molecular formula is C26H34O11. The Kier molecular flexibility index (Phi) is 6.79. The highest BCUT2D eigenvalue weighted by Gasteiger charge is 2.77. The summed E-state index contributed by atoms with van der Waals surface area (Å²) in [5.41, 5.74) is -4.15. The van der Waals surface area contributed by atoms with Gasteiger partial charge in [0.25, 0.3) is 0 Å². The van der Waals surface area contributed by atoms with Gasteiger partial charge in [0.15, 0.2) is 11.7 Å². The molecule has 0 radical (unpaired) electrons. The number of aliphatic hydroxyl groups excluding tert-OH is 1. The monoisotopic (exact) mass is 522 g/mol. The van der Waals surface area contributed by atoms with Crippen LogP contribution < -0.4 is 0 Å². The Balaban J connectivity index is 2.04. The van der Waals surface area contributed by atoms with Gasteiger partial charge in [-0.15, -0.1) is 0 Å². The van der Waals surface area contributed by atoms with Crippen molar-refractivity contribution in [3.8, 4) is 0 Å². The van der Waals surface area contributed by atoms with Gasteiger partial charge < -0.3 is 33.9 Å². The summed E-state index contributed by atoms with van der Waals surface area (Å²) in [6, 6.07) is 0. The number of hydrogen-bond donors (Lipinski definition) is 2. The van der Waals surface area contributed by atoms with Crippen molar-refractivity contribution in [2.75, 3.05) is 6.61 Å². The van der Waals surface area contributed by atoms with Crippen LogP contribution in [0.25, 0.3) is 0 Å². The van der Waals surface area contributed by atoms with E-state index in [0.717, 1.165) is 0 Å². The fourth-order valence-electron chi connectivity index (χ4n) is 6.52. The smallest absolute Gasteiger partial charge is 0.312 e. The van der Waals surface area contributed by atoms with Crippen molar-refractivity contribution in [3.05, 3.63) is 23.8 Å². The van der Waals surface area contributed by atoms with Crippen molar-refractivity contribution in [2.24, 2.45) is 17.3 Å². The molecule has 0 aromatic rings. The summed E-state index contributed by atoms with van der Waals surface area (Å²) < 4.78 is 29.0. The van der Waals surface area contributed by atoms with Gasteiger partial charge in [-0.05, 0) is 31.6 Å². The summed E-state index contributed by atoms with van der Waals surface area (Å²) >= 11 is 0. The number of aliphatic hydroxyl groups is 2. The van der Waals surface area contributed by atoms with E-state index in [-0.39, 0.29) is 12.0 Å². The summed E-state index contributed by atoms with van der Waals surface area (Å²) in [4.78, 5) is 49.8. The normalized spacial score (nSPS) is 44.3. The van der Waals surface area contributed by atoms with Crippen molar-refractivity contribution in [2.45, 2.75) is 89.7 Å². The number of fused-ring (bicyclic) bond motifs is 4. The van der Waals surface area contributed by atoms with E-state index in [1.807, 2.05) is 0 Å². The van der Waals surface area contributed by atoms with Crippen LogP contribution >= 0.6 is 0 Å². The zero-order chi connectivity index (χ0) is 27.5. The second kappa shape index (κ2) is 9.21. The van der Waals surface area contributed by atoms with Gasteiger partial charge in [-0.1, -0.05) is 13.0 Å². The topological polar surface area (TPSA) is 158 Å². The molecule has 2 N–H and O–H groups in total. The number of ether oxygens (including phenoxy) is 5. The Morgan fingerprint density at radius 2 is 1.70 bits per heavy atom. The van der Waals surface area contributed by atoms with E-state index in [0.29, 0.717) is 0 Å². The average Bonchev–Trinajstić information content (AvgIpc) is 3.40. The van der Waals surface area contributed by atoms with Crippen LogP contribution in [0.4, 0.5) is 0 Å². The molecule has 4 aliphatic rings. The summed E-state index contributed by atoms with van der Waals surface area (Å²) in [7, 11) is 0. The van der Waals surface area contributed by atoms with E-state index < -0.39 is 89.5 Å². The maximum atomic E-state index is 12.8. The van der Waals surface area contributed by atoms with Crippen molar-refractivity contribution in [1.29, 1.82) is 0 Å². The zero-order valence-electron chi connectivity index (χ0n) is 21.8. The van der Waals surface area contributed by atoms with Crippen molar-refractivity contribution < 1.29 is 53.1 Å². The molecule has 37 heavy (non-hydrogen) atoms. The third-order valence-electron chi connectivity index (χ3n) is 8.43. The van der Waals surface area contributed by atoms with E-state index in [4.69, 9.17) is 23.7 Å². The van der Waals surface area contributed by atoms with Crippen LogP contribution in [0.1, 0.15) is 48.0 Å². The molecule has 2 heterocycles. The maximum absolute atomic E-state index is 12.8. The molecule has 3 fully saturated rings. The molecule has 11 heteroatoms. The molecule has 204 valence electrons. The average molecular weight is 523 g/mol. The predicted octanol–water partition coefficient (Wildman–Crippen LogP) is 0.746. The Morgan fingerprint density at radius 1 is 1.08 bits per heavy atom.